The van der Waals surface area contributed by atoms with Gasteiger partial charge in [0.25, 0.3) is 0 Å². The molecule has 1 N–H and O–H groups in total. The van der Waals surface area contributed by atoms with Crippen LogP contribution >= 0.6 is 11.3 Å². The van der Waals surface area contributed by atoms with Gasteiger partial charge in [-0.25, -0.2) is 9.78 Å². The van der Waals surface area contributed by atoms with Crippen molar-refractivity contribution in [1.82, 2.24) is 14.8 Å². The van der Waals surface area contributed by atoms with E-state index in [1.165, 1.54) is 11.3 Å². The molecule has 2 rings (SSSR count). The molecule has 2 amide bonds. The molecule has 29 heavy (non-hydrogen) atoms. The Hall–Kier alpha value is -1.67. The molecule has 1 saturated heterocycles. The molecule has 0 aromatic carbocycles. The largest absolute Gasteiger partial charge is 0.444 e. The van der Waals surface area contributed by atoms with Crippen LogP contribution in [0, 0.1) is 19.8 Å². The van der Waals surface area contributed by atoms with Crippen LogP contribution in [-0.2, 0) is 9.53 Å². The number of aryl methyl sites for hydroxylation is 2. The van der Waals surface area contributed by atoms with Crippen LogP contribution in [0.15, 0.2) is 0 Å². The molecule has 1 aromatic rings. The minimum absolute atomic E-state index is 0.00172. The van der Waals surface area contributed by atoms with Gasteiger partial charge in [0.05, 0.1) is 11.7 Å². The van der Waals surface area contributed by atoms with Crippen LogP contribution in [-0.4, -0.2) is 65.1 Å². The highest BCUT2D eigenvalue weighted by Crippen LogP contribution is 2.24. The average molecular weight is 425 g/mol. The van der Waals surface area contributed by atoms with Crippen LogP contribution in [0.2, 0.25) is 0 Å². The highest BCUT2D eigenvalue weighted by Gasteiger charge is 2.28. The molecule has 0 aliphatic carbocycles. The Balaban J connectivity index is 1.73. The molecule has 2 heterocycles. The van der Waals surface area contributed by atoms with Gasteiger partial charge in [-0.3, -0.25) is 9.69 Å². The van der Waals surface area contributed by atoms with Crippen molar-refractivity contribution in [2.24, 2.45) is 5.92 Å². The van der Waals surface area contributed by atoms with E-state index in [1.54, 1.807) is 11.9 Å². The Morgan fingerprint density at radius 2 is 1.93 bits per heavy atom. The van der Waals surface area contributed by atoms with Gasteiger partial charge < -0.3 is 15.0 Å². The maximum Gasteiger partial charge on any atom is 0.410 e. The van der Waals surface area contributed by atoms with Gasteiger partial charge in [-0.15, -0.1) is 11.3 Å². The van der Waals surface area contributed by atoms with Crippen molar-refractivity contribution in [2.75, 3.05) is 32.0 Å². The molecule has 1 aliphatic rings. The number of rotatable bonds is 6. The fourth-order valence-corrected chi connectivity index (χ4v) is 4.16. The summed E-state index contributed by atoms with van der Waals surface area (Å²) >= 11 is 1.52. The maximum atomic E-state index is 12.6. The molecular weight excluding hydrogens is 388 g/mol. The number of carbonyl (C=O) groups excluding carboxylic acids is 2. The van der Waals surface area contributed by atoms with Crippen LogP contribution in [0.1, 0.15) is 57.5 Å². The molecule has 0 saturated carbocycles. The first-order chi connectivity index (χ1) is 13.5. The summed E-state index contributed by atoms with van der Waals surface area (Å²) < 4.78 is 5.40. The lowest BCUT2D eigenvalue weighted by Crippen LogP contribution is -2.46. The summed E-state index contributed by atoms with van der Waals surface area (Å²) in [4.78, 5) is 34.1. The highest BCUT2D eigenvalue weighted by molar-refractivity contribution is 7.15. The number of anilines is 1. The van der Waals surface area contributed by atoms with Crippen molar-refractivity contribution >= 4 is 28.5 Å². The van der Waals surface area contributed by atoms with E-state index in [1.807, 2.05) is 41.5 Å². The van der Waals surface area contributed by atoms with Gasteiger partial charge in [-0.1, -0.05) is 0 Å². The first kappa shape index (κ1) is 23.6. The number of amides is 2. The third-order valence-corrected chi connectivity index (χ3v) is 6.40. The number of nitrogens with zero attached hydrogens (tertiary/aromatic N) is 3. The number of hydrogen-bond donors (Lipinski definition) is 1. The van der Waals surface area contributed by atoms with Crippen LogP contribution in [0.3, 0.4) is 0 Å². The normalized spacial score (nSPS) is 17.1. The van der Waals surface area contributed by atoms with Crippen molar-refractivity contribution < 1.29 is 14.3 Å². The summed E-state index contributed by atoms with van der Waals surface area (Å²) in [7, 11) is 1.79. The number of nitrogens with one attached hydrogen (secondary N) is 1. The average Bonchev–Trinajstić information content (AvgIpc) is 2.95. The summed E-state index contributed by atoms with van der Waals surface area (Å²) in [6.07, 6.45) is 2.76. The zero-order valence-corrected chi connectivity index (χ0v) is 19.7. The zero-order valence-electron chi connectivity index (χ0n) is 18.9. The third-order valence-electron chi connectivity index (χ3n) is 5.41. The molecular formula is C21H36N4O3S. The summed E-state index contributed by atoms with van der Waals surface area (Å²) in [5.74, 6) is 0.567. The van der Waals surface area contributed by atoms with E-state index in [-0.39, 0.29) is 18.0 Å². The molecule has 1 aliphatic heterocycles. The first-order valence-corrected chi connectivity index (χ1v) is 11.2. The molecule has 8 heteroatoms. The lowest BCUT2D eigenvalue weighted by Gasteiger charge is -2.35. The van der Waals surface area contributed by atoms with Gasteiger partial charge in [0.2, 0.25) is 5.91 Å². The number of aromatic nitrogens is 1. The lowest BCUT2D eigenvalue weighted by atomic mass is 9.92. The van der Waals surface area contributed by atoms with E-state index < -0.39 is 5.60 Å². The van der Waals surface area contributed by atoms with Gasteiger partial charge in [0, 0.05) is 18.5 Å². The minimum atomic E-state index is -0.469. The Bertz CT molecular complexity index is 686. The van der Waals surface area contributed by atoms with Gasteiger partial charge in [0.15, 0.2) is 5.13 Å². The topological polar surface area (TPSA) is 74.8 Å². The number of likely N-dealkylation sites (tertiary alicyclic amines) is 1. The van der Waals surface area contributed by atoms with Gasteiger partial charge in [-0.2, -0.15) is 0 Å². The van der Waals surface area contributed by atoms with E-state index in [4.69, 9.17) is 4.74 Å². The summed E-state index contributed by atoms with van der Waals surface area (Å²) in [6, 6.07) is -0.176. The number of thiazole rings is 1. The zero-order chi connectivity index (χ0) is 21.8. The highest BCUT2D eigenvalue weighted by atomic mass is 32.1. The Morgan fingerprint density at radius 1 is 1.31 bits per heavy atom. The predicted molar refractivity (Wildman–Crippen MR) is 117 cm³/mol. The molecule has 0 radical (unpaired) electrons. The van der Waals surface area contributed by atoms with Crippen LogP contribution < -0.4 is 5.32 Å². The molecule has 7 nitrogen and oxygen atoms in total. The van der Waals surface area contributed by atoms with E-state index in [2.05, 4.69) is 15.2 Å². The van der Waals surface area contributed by atoms with E-state index in [0.717, 1.165) is 42.9 Å². The smallest absolute Gasteiger partial charge is 0.410 e. The fraction of sp³-hybridized carbons (Fsp3) is 0.762. The molecule has 0 spiro atoms. The number of ether oxygens (including phenoxy) is 1. The molecule has 1 aromatic heterocycles. The van der Waals surface area contributed by atoms with Crippen LogP contribution in [0.25, 0.3) is 0 Å². The van der Waals surface area contributed by atoms with Gasteiger partial charge >= 0.3 is 6.09 Å². The standard InChI is InChI=1S/C21H36N4O3S/c1-14-16(3)29-19(22-14)23-18(26)15(2)25-12-9-17(10-13-25)8-11-24(7)20(27)28-21(4,5)6/h15,17H,8-13H2,1-7H3,(H,22,23,26)/t15-/m0/s1. The second-order valence-electron chi connectivity index (χ2n) is 9.00. The summed E-state index contributed by atoms with van der Waals surface area (Å²) in [5.41, 5.74) is 0.499. The first-order valence-electron chi connectivity index (χ1n) is 10.4. The molecule has 1 atom stereocenters. The Morgan fingerprint density at radius 3 is 2.45 bits per heavy atom. The number of piperidine rings is 1. The van der Waals surface area contributed by atoms with Crippen molar-refractivity contribution in [1.29, 1.82) is 0 Å². The van der Waals surface area contributed by atoms with Gasteiger partial charge in [-0.05, 0) is 79.8 Å². The lowest BCUT2D eigenvalue weighted by molar-refractivity contribution is -0.121. The quantitative estimate of drug-likeness (QED) is 0.745. The fourth-order valence-electron chi connectivity index (χ4n) is 3.34. The Kier molecular flexibility index (Phi) is 8.05. The Labute approximate surface area is 178 Å². The van der Waals surface area contributed by atoms with Crippen molar-refractivity contribution in [3.8, 4) is 0 Å². The second-order valence-corrected chi connectivity index (χ2v) is 10.2. The van der Waals surface area contributed by atoms with Crippen molar-refractivity contribution in [2.45, 2.75) is 72.4 Å². The second kappa shape index (κ2) is 9.89. The van der Waals surface area contributed by atoms with Crippen LogP contribution in [0.5, 0.6) is 0 Å². The predicted octanol–water partition coefficient (Wildman–Crippen LogP) is 4.06. The number of carbonyl (C=O) groups is 2. The number of hydrogen-bond acceptors (Lipinski definition) is 6. The molecule has 164 valence electrons. The van der Waals surface area contributed by atoms with E-state index in [0.29, 0.717) is 17.6 Å². The van der Waals surface area contributed by atoms with Gasteiger partial charge in [0.1, 0.15) is 5.60 Å². The molecule has 1 fully saturated rings. The van der Waals surface area contributed by atoms with Crippen LogP contribution in [0.4, 0.5) is 9.93 Å². The SMILES string of the molecule is Cc1nc(NC(=O)[C@H](C)N2CCC(CCN(C)C(=O)OC(C)(C)C)CC2)sc1C. The van der Waals surface area contributed by atoms with Crippen molar-refractivity contribution in [3.63, 3.8) is 0 Å². The maximum absolute atomic E-state index is 12.6. The minimum Gasteiger partial charge on any atom is -0.444 e. The summed E-state index contributed by atoms with van der Waals surface area (Å²) in [6.45, 7) is 14.0. The van der Waals surface area contributed by atoms with E-state index >= 15 is 0 Å². The van der Waals surface area contributed by atoms with Crippen molar-refractivity contribution in [3.05, 3.63) is 10.6 Å². The molecule has 0 bridgehead atoms. The third kappa shape index (κ3) is 7.26. The monoisotopic (exact) mass is 424 g/mol. The van der Waals surface area contributed by atoms with E-state index in [9.17, 15) is 9.59 Å². The summed E-state index contributed by atoms with van der Waals surface area (Å²) in [5, 5.41) is 3.63. The molecule has 0 unspecified atom stereocenters.